The minimum absolute atomic E-state index is 0.229. The van der Waals surface area contributed by atoms with Crippen LogP contribution in [-0.2, 0) is 4.79 Å². The topological polar surface area (TPSA) is 37.3 Å². The monoisotopic (exact) mass is 310 g/mol. The van der Waals surface area contributed by atoms with Crippen molar-refractivity contribution in [1.82, 2.24) is 0 Å². The number of hydrogen-bond acceptors (Lipinski definition) is 1. The van der Waals surface area contributed by atoms with Gasteiger partial charge in [0.25, 0.3) is 0 Å². The smallest absolute Gasteiger partial charge is 0.307 e. The highest BCUT2D eigenvalue weighted by Gasteiger charge is 2.24. The molecular formula is C15H28Cl2O2. The van der Waals surface area contributed by atoms with Crippen molar-refractivity contribution >= 4 is 29.2 Å². The Morgan fingerprint density at radius 1 is 1.00 bits per heavy atom. The van der Waals surface area contributed by atoms with Crippen LogP contribution in [0.15, 0.2) is 0 Å². The van der Waals surface area contributed by atoms with Gasteiger partial charge in [-0.3, -0.25) is 4.79 Å². The van der Waals surface area contributed by atoms with E-state index in [0.29, 0.717) is 6.42 Å². The molecule has 0 aliphatic heterocycles. The molecule has 0 rings (SSSR count). The Kier molecular flexibility index (Phi) is 13.1. The van der Waals surface area contributed by atoms with Crippen molar-refractivity contribution in [2.24, 2.45) is 5.92 Å². The van der Waals surface area contributed by atoms with Crippen LogP contribution in [0.4, 0.5) is 0 Å². The number of hydrogen-bond donors (Lipinski definition) is 1. The van der Waals surface area contributed by atoms with Crippen molar-refractivity contribution in [1.29, 1.82) is 0 Å². The van der Waals surface area contributed by atoms with Gasteiger partial charge in [-0.25, -0.2) is 0 Å². The first kappa shape index (κ1) is 19.1. The van der Waals surface area contributed by atoms with Gasteiger partial charge in [0.1, 0.15) is 0 Å². The summed E-state index contributed by atoms with van der Waals surface area (Å²) < 4.78 is 0. The van der Waals surface area contributed by atoms with E-state index >= 15 is 0 Å². The molecule has 0 amide bonds. The molecule has 0 fully saturated rings. The summed E-state index contributed by atoms with van der Waals surface area (Å²) in [7, 11) is 0. The molecule has 0 saturated carbocycles. The number of carboxylic acids is 1. The van der Waals surface area contributed by atoms with Gasteiger partial charge in [-0.2, -0.15) is 0 Å². The highest BCUT2D eigenvalue weighted by molar-refractivity contribution is 6.21. The molecule has 0 spiro atoms. The molecule has 0 aromatic heterocycles. The minimum atomic E-state index is -0.747. The normalized spacial score (nSPS) is 14.3. The first-order valence-corrected chi connectivity index (χ1v) is 8.53. The summed E-state index contributed by atoms with van der Waals surface area (Å²) in [6.07, 6.45) is 10.9. The van der Waals surface area contributed by atoms with Crippen LogP contribution in [0.3, 0.4) is 0 Å². The fourth-order valence-electron chi connectivity index (χ4n) is 2.26. The summed E-state index contributed by atoms with van der Waals surface area (Å²) in [4.78, 5) is 11.1. The van der Waals surface area contributed by atoms with Gasteiger partial charge in [-0.15, -0.1) is 23.2 Å². The summed E-state index contributed by atoms with van der Waals surface area (Å²) in [5.41, 5.74) is 0. The molecule has 2 nitrogen and oxygen atoms in total. The summed E-state index contributed by atoms with van der Waals surface area (Å²) in [5, 5.41) is 8.87. The number of carbonyl (C=O) groups is 1. The van der Waals surface area contributed by atoms with E-state index in [-0.39, 0.29) is 11.3 Å². The van der Waals surface area contributed by atoms with Crippen molar-refractivity contribution < 1.29 is 9.90 Å². The SMILES string of the molecule is CCC(Cl)C(CCCCCCCCCCCl)C(=O)O. The molecule has 1 N–H and O–H groups in total. The quantitative estimate of drug-likeness (QED) is 0.362. The molecule has 0 aromatic carbocycles. The summed E-state index contributed by atoms with van der Waals surface area (Å²) in [6.45, 7) is 1.94. The average molecular weight is 311 g/mol. The maximum absolute atomic E-state index is 11.1. The van der Waals surface area contributed by atoms with Gasteiger partial charge >= 0.3 is 5.97 Å². The Hall–Kier alpha value is 0.0500. The van der Waals surface area contributed by atoms with Gasteiger partial charge < -0.3 is 5.11 Å². The lowest BCUT2D eigenvalue weighted by Gasteiger charge is -2.16. The molecule has 0 aromatic rings. The zero-order valence-corrected chi connectivity index (χ0v) is 13.6. The second kappa shape index (κ2) is 13.1. The second-order valence-corrected chi connectivity index (χ2v) is 6.11. The van der Waals surface area contributed by atoms with E-state index in [0.717, 1.165) is 31.6 Å². The predicted molar refractivity (Wildman–Crippen MR) is 83.3 cm³/mol. The molecule has 114 valence electrons. The highest BCUT2D eigenvalue weighted by Crippen LogP contribution is 2.22. The van der Waals surface area contributed by atoms with Gasteiger partial charge in [0.15, 0.2) is 0 Å². The van der Waals surface area contributed by atoms with Crippen LogP contribution < -0.4 is 0 Å². The average Bonchev–Trinajstić information content (AvgIpc) is 2.40. The van der Waals surface area contributed by atoms with Crippen LogP contribution in [0.25, 0.3) is 0 Å². The fourth-order valence-corrected chi connectivity index (χ4v) is 2.69. The molecule has 0 saturated heterocycles. The van der Waals surface area contributed by atoms with Crippen LogP contribution in [0, 0.1) is 5.92 Å². The second-order valence-electron chi connectivity index (χ2n) is 5.18. The summed E-state index contributed by atoms with van der Waals surface area (Å²) in [5.74, 6) is -0.355. The third-order valence-corrected chi connectivity index (χ3v) is 4.42. The van der Waals surface area contributed by atoms with Gasteiger partial charge in [0, 0.05) is 11.3 Å². The van der Waals surface area contributed by atoms with Crippen LogP contribution in [0.1, 0.15) is 71.1 Å². The van der Waals surface area contributed by atoms with E-state index in [1.54, 1.807) is 0 Å². The Balaban J connectivity index is 3.48. The molecule has 19 heavy (non-hydrogen) atoms. The zero-order chi connectivity index (χ0) is 14.5. The molecule has 0 aliphatic rings. The number of unbranched alkanes of at least 4 members (excludes halogenated alkanes) is 7. The van der Waals surface area contributed by atoms with Crippen LogP contribution in [0.2, 0.25) is 0 Å². The van der Waals surface area contributed by atoms with Gasteiger partial charge in [0.05, 0.1) is 5.92 Å². The number of alkyl halides is 2. The first-order valence-electron chi connectivity index (χ1n) is 7.56. The van der Waals surface area contributed by atoms with Crippen molar-refractivity contribution in [3.8, 4) is 0 Å². The van der Waals surface area contributed by atoms with E-state index in [1.165, 1.54) is 32.1 Å². The molecule has 4 heteroatoms. The third kappa shape index (κ3) is 10.5. The Morgan fingerprint density at radius 3 is 1.89 bits per heavy atom. The van der Waals surface area contributed by atoms with E-state index in [2.05, 4.69) is 0 Å². The summed E-state index contributed by atoms with van der Waals surface area (Å²) >= 11 is 11.7. The van der Waals surface area contributed by atoms with Crippen molar-refractivity contribution in [3.63, 3.8) is 0 Å². The molecule has 0 radical (unpaired) electrons. The van der Waals surface area contributed by atoms with Crippen molar-refractivity contribution in [2.45, 2.75) is 76.5 Å². The van der Waals surface area contributed by atoms with Crippen LogP contribution in [0.5, 0.6) is 0 Å². The fraction of sp³-hybridized carbons (Fsp3) is 0.933. The highest BCUT2D eigenvalue weighted by atomic mass is 35.5. The lowest BCUT2D eigenvalue weighted by molar-refractivity contribution is -0.142. The standard InChI is InChI=1S/C15H28Cl2O2/c1-2-14(17)13(15(18)19)11-9-7-5-3-4-6-8-10-12-16/h13-14H,2-12H2,1H3,(H,18,19). The lowest BCUT2D eigenvalue weighted by Crippen LogP contribution is -2.23. The Labute approximate surface area is 127 Å². The molecule has 2 unspecified atom stereocenters. The van der Waals surface area contributed by atoms with Gasteiger partial charge in [0.2, 0.25) is 0 Å². The third-order valence-electron chi connectivity index (χ3n) is 3.54. The van der Waals surface area contributed by atoms with E-state index in [1.807, 2.05) is 6.92 Å². The van der Waals surface area contributed by atoms with Gasteiger partial charge in [-0.1, -0.05) is 51.9 Å². The number of rotatable bonds is 13. The first-order chi connectivity index (χ1) is 9.13. The predicted octanol–water partition coefficient (Wildman–Crippen LogP) is 5.45. The van der Waals surface area contributed by atoms with E-state index in [9.17, 15) is 4.79 Å². The van der Waals surface area contributed by atoms with E-state index < -0.39 is 5.97 Å². The largest absolute Gasteiger partial charge is 0.481 e. The van der Waals surface area contributed by atoms with Crippen molar-refractivity contribution in [2.75, 3.05) is 5.88 Å². The van der Waals surface area contributed by atoms with Crippen molar-refractivity contribution in [3.05, 3.63) is 0 Å². The molecule has 0 heterocycles. The van der Waals surface area contributed by atoms with Crippen LogP contribution in [-0.4, -0.2) is 22.3 Å². The number of aliphatic carboxylic acids is 1. The molecule has 0 bridgehead atoms. The molecule has 2 atom stereocenters. The Bertz CT molecular complexity index is 222. The lowest BCUT2D eigenvalue weighted by atomic mass is 9.95. The molecular weight excluding hydrogens is 283 g/mol. The van der Waals surface area contributed by atoms with E-state index in [4.69, 9.17) is 28.3 Å². The minimum Gasteiger partial charge on any atom is -0.481 e. The Morgan fingerprint density at radius 2 is 1.47 bits per heavy atom. The van der Waals surface area contributed by atoms with Gasteiger partial charge in [-0.05, 0) is 19.3 Å². The zero-order valence-electron chi connectivity index (χ0n) is 12.0. The maximum atomic E-state index is 11.1. The number of carboxylic acid groups (broad SMARTS) is 1. The maximum Gasteiger partial charge on any atom is 0.307 e. The summed E-state index contributed by atoms with van der Waals surface area (Å²) in [6, 6.07) is 0. The van der Waals surface area contributed by atoms with Crippen LogP contribution >= 0.6 is 23.2 Å². The number of halogens is 2. The molecule has 0 aliphatic carbocycles.